The Morgan fingerprint density at radius 1 is 1.53 bits per heavy atom. The van der Waals surface area contributed by atoms with E-state index in [2.05, 4.69) is 17.1 Å². The minimum absolute atomic E-state index is 0.0314. The van der Waals surface area contributed by atoms with Gasteiger partial charge < -0.3 is 10.6 Å². The molecule has 92 valence electrons. The van der Waals surface area contributed by atoms with E-state index in [4.69, 9.17) is 5.73 Å². The third kappa shape index (κ3) is 2.72. The maximum absolute atomic E-state index is 12.1. The number of aromatic nitrogens is 2. The van der Waals surface area contributed by atoms with Gasteiger partial charge in [0.15, 0.2) is 5.69 Å². The summed E-state index contributed by atoms with van der Waals surface area (Å²) >= 11 is 0. The Morgan fingerprint density at radius 3 is 3.00 bits per heavy atom. The Balaban J connectivity index is 1.99. The summed E-state index contributed by atoms with van der Waals surface area (Å²) in [4.78, 5) is 14.0. The van der Waals surface area contributed by atoms with Gasteiger partial charge in [0.2, 0.25) is 0 Å². The minimum Gasteiger partial charge on any atom is -0.382 e. The van der Waals surface area contributed by atoms with Crippen molar-refractivity contribution in [1.82, 2.24) is 15.1 Å². The number of hydrogen-bond acceptors (Lipinski definition) is 4. The van der Waals surface area contributed by atoms with Crippen LogP contribution >= 0.6 is 0 Å². The van der Waals surface area contributed by atoms with Crippen molar-refractivity contribution in [1.29, 1.82) is 0 Å². The van der Waals surface area contributed by atoms with Gasteiger partial charge in [-0.1, -0.05) is 13.3 Å². The summed E-state index contributed by atoms with van der Waals surface area (Å²) in [5.74, 6) is 0.952. The SMILES string of the molecule is CCCC1CCN(C(=O)c2ccc(N)nn2)C1. The van der Waals surface area contributed by atoms with Crippen molar-refractivity contribution < 1.29 is 4.79 Å². The minimum atomic E-state index is -0.0314. The number of hydrogen-bond donors (Lipinski definition) is 1. The van der Waals surface area contributed by atoms with Gasteiger partial charge in [0.1, 0.15) is 5.82 Å². The second-order valence-corrected chi connectivity index (χ2v) is 4.54. The quantitative estimate of drug-likeness (QED) is 0.856. The lowest BCUT2D eigenvalue weighted by atomic mass is 10.0. The molecule has 1 aliphatic rings. The molecule has 1 aromatic rings. The van der Waals surface area contributed by atoms with Crippen molar-refractivity contribution in [3.8, 4) is 0 Å². The highest BCUT2D eigenvalue weighted by molar-refractivity contribution is 5.92. The molecule has 1 atom stereocenters. The van der Waals surface area contributed by atoms with E-state index < -0.39 is 0 Å². The third-order valence-corrected chi connectivity index (χ3v) is 3.17. The lowest BCUT2D eigenvalue weighted by Gasteiger charge is -2.15. The van der Waals surface area contributed by atoms with Crippen LogP contribution in [0.4, 0.5) is 5.82 Å². The summed E-state index contributed by atoms with van der Waals surface area (Å²) in [5.41, 5.74) is 5.83. The van der Waals surface area contributed by atoms with Crippen LogP contribution in [-0.4, -0.2) is 34.1 Å². The molecule has 0 aliphatic carbocycles. The first-order valence-corrected chi connectivity index (χ1v) is 6.09. The van der Waals surface area contributed by atoms with E-state index in [1.807, 2.05) is 4.90 Å². The molecule has 2 heterocycles. The molecule has 1 amide bonds. The molecule has 1 unspecified atom stereocenters. The van der Waals surface area contributed by atoms with Crippen molar-refractivity contribution in [3.05, 3.63) is 17.8 Å². The lowest BCUT2D eigenvalue weighted by Crippen LogP contribution is -2.29. The van der Waals surface area contributed by atoms with Gasteiger partial charge in [-0.05, 0) is 30.9 Å². The average molecular weight is 234 g/mol. The standard InChI is InChI=1S/C12H18N4O/c1-2-3-9-6-7-16(8-9)12(17)10-4-5-11(13)15-14-10/h4-5,9H,2-3,6-8H2,1H3,(H2,13,15). The van der Waals surface area contributed by atoms with Crippen molar-refractivity contribution in [2.75, 3.05) is 18.8 Å². The fourth-order valence-electron chi connectivity index (χ4n) is 2.28. The second-order valence-electron chi connectivity index (χ2n) is 4.54. The molecular formula is C12H18N4O. The lowest BCUT2D eigenvalue weighted by molar-refractivity contribution is 0.0779. The number of anilines is 1. The van der Waals surface area contributed by atoms with Crippen molar-refractivity contribution >= 4 is 11.7 Å². The molecule has 0 aromatic carbocycles. The van der Waals surface area contributed by atoms with Crippen LogP contribution in [0, 0.1) is 5.92 Å². The van der Waals surface area contributed by atoms with Gasteiger partial charge in [-0.25, -0.2) is 0 Å². The molecule has 1 aromatic heterocycles. The molecule has 0 saturated carbocycles. The summed E-state index contributed by atoms with van der Waals surface area (Å²) in [7, 11) is 0. The molecule has 0 radical (unpaired) electrons. The van der Waals surface area contributed by atoms with Gasteiger partial charge in [0, 0.05) is 13.1 Å². The summed E-state index contributed by atoms with van der Waals surface area (Å²) in [5, 5.41) is 7.53. The smallest absolute Gasteiger partial charge is 0.274 e. The normalized spacial score (nSPS) is 19.6. The van der Waals surface area contributed by atoms with E-state index >= 15 is 0 Å². The number of likely N-dealkylation sites (tertiary alicyclic amines) is 1. The second kappa shape index (κ2) is 5.12. The highest BCUT2D eigenvalue weighted by atomic mass is 16.2. The van der Waals surface area contributed by atoms with Crippen LogP contribution < -0.4 is 5.73 Å². The van der Waals surface area contributed by atoms with E-state index in [1.165, 1.54) is 12.8 Å². The molecule has 2 rings (SSSR count). The topological polar surface area (TPSA) is 72.1 Å². The van der Waals surface area contributed by atoms with E-state index in [1.54, 1.807) is 12.1 Å². The Labute approximate surface area is 101 Å². The van der Waals surface area contributed by atoms with Gasteiger partial charge in [-0.15, -0.1) is 10.2 Å². The number of carbonyl (C=O) groups excluding carboxylic acids is 1. The van der Waals surface area contributed by atoms with Crippen LogP contribution in [0.2, 0.25) is 0 Å². The van der Waals surface area contributed by atoms with Crippen LogP contribution in [-0.2, 0) is 0 Å². The number of nitrogens with zero attached hydrogens (tertiary/aromatic N) is 3. The maximum Gasteiger partial charge on any atom is 0.274 e. The van der Waals surface area contributed by atoms with Crippen LogP contribution in [0.15, 0.2) is 12.1 Å². The van der Waals surface area contributed by atoms with E-state index in [-0.39, 0.29) is 5.91 Å². The molecule has 17 heavy (non-hydrogen) atoms. The molecule has 0 spiro atoms. The first-order chi connectivity index (χ1) is 8.20. The summed E-state index contributed by atoms with van der Waals surface area (Å²) in [6.45, 7) is 3.85. The zero-order chi connectivity index (χ0) is 12.3. The zero-order valence-corrected chi connectivity index (χ0v) is 10.1. The molecular weight excluding hydrogens is 216 g/mol. The van der Waals surface area contributed by atoms with Gasteiger partial charge in [-0.2, -0.15) is 0 Å². The van der Waals surface area contributed by atoms with Crippen molar-refractivity contribution in [2.24, 2.45) is 5.92 Å². The summed E-state index contributed by atoms with van der Waals surface area (Å²) in [6, 6.07) is 3.25. The van der Waals surface area contributed by atoms with E-state index in [0.717, 1.165) is 19.5 Å². The van der Waals surface area contributed by atoms with Gasteiger partial charge in [-0.3, -0.25) is 4.79 Å². The highest BCUT2D eigenvalue weighted by Gasteiger charge is 2.27. The summed E-state index contributed by atoms with van der Waals surface area (Å²) < 4.78 is 0. The Kier molecular flexibility index (Phi) is 3.56. The molecule has 1 fully saturated rings. The predicted octanol–water partition coefficient (Wildman–Crippen LogP) is 1.32. The average Bonchev–Trinajstić information content (AvgIpc) is 2.78. The predicted molar refractivity (Wildman–Crippen MR) is 65.4 cm³/mol. The number of amides is 1. The molecule has 5 heteroatoms. The molecule has 1 aliphatic heterocycles. The molecule has 1 saturated heterocycles. The van der Waals surface area contributed by atoms with Crippen molar-refractivity contribution in [2.45, 2.75) is 26.2 Å². The van der Waals surface area contributed by atoms with Gasteiger partial charge in [0.25, 0.3) is 5.91 Å². The van der Waals surface area contributed by atoms with Gasteiger partial charge >= 0.3 is 0 Å². The highest BCUT2D eigenvalue weighted by Crippen LogP contribution is 2.21. The zero-order valence-electron chi connectivity index (χ0n) is 10.1. The fraction of sp³-hybridized carbons (Fsp3) is 0.583. The fourth-order valence-corrected chi connectivity index (χ4v) is 2.28. The van der Waals surface area contributed by atoms with Gasteiger partial charge in [0.05, 0.1) is 0 Å². The van der Waals surface area contributed by atoms with Crippen molar-refractivity contribution in [3.63, 3.8) is 0 Å². The van der Waals surface area contributed by atoms with Crippen LogP contribution in [0.1, 0.15) is 36.7 Å². The van der Waals surface area contributed by atoms with Crippen LogP contribution in [0.5, 0.6) is 0 Å². The maximum atomic E-state index is 12.1. The largest absolute Gasteiger partial charge is 0.382 e. The molecule has 5 nitrogen and oxygen atoms in total. The number of carbonyl (C=O) groups is 1. The number of nitrogen functional groups attached to an aromatic ring is 1. The first-order valence-electron chi connectivity index (χ1n) is 6.09. The Hall–Kier alpha value is -1.65. The number of rotatable bonds is 3. The molecule has 0 bridgehead atoms. The monoisotopic (exact) mass is 234 g/mol. The summed E-state index contributed by atoms with van der Waals surface area (Å²) in [6.07, 6.45) is 3.47. The number of nitrogens with two attached hydrogens (primary N) is 1. The first kappa shape index (κ1) is 11.8. The van der Waals surface area contributed by atoms with Crippen LogP contribution in [0.3, 0.4) is 0 Å². The Morgan fingerprint density at radius 2 is 2.35 bits per heavy atom. The van der Waals surface area contributed by atoms with Crippen LogP contribution in [0.25, 0.3) is 0 Å². The third-order valence-electron chi connectivity index (χ3n) is 3.17. The van der Waals surface area contributed by atoms with E-state index in [9.17, 15) is 4.79 Å². The molecule has 2 N–H and O–H groups in total. The Bertz CT molecular complexity index is 390. The van der Waals surface area contributed by atoms with E-state index in [0.29, 0.717) is 17.4 Å².